The first-order valence-corrected chi connectivity index (χ1v) is 5.34. The van der Waals surface area contributed by atoms with Crippen molar-refractivity contribution in [2.24, 2.45) is 5.92 Å². The first kappa shape index (κ1) is 13.3. The number of rotatable bonds is 5. The molecule has 1 fully saturated rings. The standard InChI is InChI=1S/C10H19NO5/c1-14-9-5-7(10(15-2)16-3)4-8(6-9)11(12)13/h7-10H,4-6H2,1-3H3. The van der Waals surface area contributed by atoms with E-state index in [4.69, 9.17) is 14.2 Å². The van der Waals surface area contributed by atoms with Crippen molar-refractivity contribution in [1.29, 1.82) is 0 Å². The van der Waals surface area contributed by atoms with Gasteiger partial charge >= 0.3 is 0 Å². The van der Waals surface area contributed by atoms with Crippen molar-refractivity contribution in [1.82, 2.24) is 0 Å². The lowest BCUT2D eigenvalue weighted by atomic mass is 9.83. The van der Waals surface area contributed by atoms with E-state index in [1.165, 1.54) is 0 Å². The summed E-state index contributed by atoms with van der Waals surface area (Å²) in [5, 5.41) is 10.8. The monoisotopic (exact) mass is 233 g/mol. The molecule has 1 saturated carbocycles. The largest absolute Gasteiger partial charge is 0.381 e. The Bertz CT molecular complexity index is 231. The second kappa shape index (κ2) is 6.12. The molecule has 0 N–H and O–H groups in total. The van der Waals surface area contributed by atoms with Crippen LogP contribution in [0, 0.1) is 16.0 Å². The van der Waals surface area contributed by atoms with Gasteiger partial charge in [0.1, 0.15) is 0 Å². The van der Waals surface area contributed by atoms with Crippen LogP contribution in [0.4, 0.5) is 0 Å². The van der Waals surface area contributed by atoms with Crippen molar-refractivity contribution in [3.63, 3.8) is 0 Å². The zero-order chi connectivity index (χ0) is 12.1. The maximum atomic E-state index is 10.8. The SMILES string of the molecule is COC1CC(C(OC)OC)CC([N+](=O)[O-])C1. The molecule has 0 saturated heterocycles. The third-order valence-electron chi connectivity index (χ3n) is 3.16. The van der Waals surface area contributed by atoms with Crippen LogP contribution in [0.3, 0.4) is 0 Å². The molecule has 0 aromatic rings. The van der Waals surface area contributed by atoms with Crippen LogP contribution in [0.2, 0.25) is 0 Å². The zero-order valence-corrected chi connectivity index (χ0v) is 9.92. The zero-order valence-electron chi connectivity index (χ0n) is 9.92. The summed E-state index contributed by atoms with van der Waals surface area (Å²) in [7, 11) is 4.68. The van der Waals surface area contributed by atoms with Crippen LogP contribution >= 0.6 is 0 Å². The maximum Gasteiger partial charge on any atom is 0.216 e. The Morgan fingerprint density at radius 3 is 2.25 bits per heavy atom. The smallest absolute Gasteiger partial charge is 0.216 e. The molecule has 0 spiro atoms. The molecule has 6 nitrogen and oxygen atoms in total. The fraction of sp³-hybridized carbons (Fsp3) is 1.00. The summed E-state index contributed by atoms with van der Waals surface area (Å²) >= 11 is 0. The van der Waals surface area contributed by atoms with Crippen LogP contribution < -0.4 is 0 Å². The molecule has 0 bridgehead atoms. The van der Waals surface area contributed by atoms with Gasteiger partial charge in [-0.1, -0.05) is 0 Å². The molecule has 0 radical (unpaired) electrons. The van der Waals surface area contributed by atoms with E-state index in [2.05, 4.69) is 0 Å². The molecule has 3 atom stereocenters. The molecule has 94 valence electrons. The predicted octanol–water partition coefficient (Wildman–Crippen LogP) is 1.07. The third-order valence-corrected chi connectivity index (χ3v) is 3.16. The molecular formula is C10H19NO5. The maximum absolute atomic E-state index is 10.8. The number of hydrogen-bond donors (Lipinski definition) is 0. The summed E-state index contributed by atoms with van der Waals surface area (Å²) in [6.45, 7) is 0. The minimum absolute atomic E-state index is 0.0177. The van der Waals surface area contributed by atoms with E-state index in [0.717, 1.165) is 6.42 Å². The summed E-state index contributed by atoms with van der Waals surface area (Å²) in [6, 6.07) is -0.559. The first-order chi connectivity index (χ1) is 7.62. The molecule has 0 amide bonds. The van der Waals surface area contributed by atoms with Crippen LogP contribution in [0.15, 0.2) is 0 Å². The molecule has 1 aliphatic carbocycles. The Labute approximate surface area is 95.0 Å². The van der Waals surface area contributed by atoms with E-state index in [1.54, 1.807) is 21.3 Å². The Morgan fingerprint density at radius 2 is 1.81 bits per heavy atom. The summed E-state index contributed by atoms with van der Waals surface area (Å²) < 4.78 is 15.5. The quantitative estimate of drug-likeness (QED) is 0.403. The molecule has 0 aliphatic heterocycles. The minimum Gasteiger partial charge on any atom is -0.381 e. The van der Waals surface area contributed by atoms with Gasteiger partial charge in [-0.05, 0) is 6.42 Å². The Balaban J connectivity index is 2.66. The van der Waals surface area contributed by atoms with Crippen molar-refractivity contribution in [3.05, 3.63) is 10.1 Å². The summed E-state index contributed by atoms with van der Waals surface area (Å²) in [5.41, 5.74) is 0. The summed E-state index contributed by atoms with van der Waals surface area (Å²) in [4.78, 5) is 10.6. The van der Waals surface area contributed by atoms with Gasteiger partial charge in [0.25, 0.3) is 0 Å². The first-order valence-electron chi connectivity index (χ1n) is 5.34. The van der Waals surface area contributed by atoms with Crippen molar-refractivity contribution >= 4 is 0 Å². The van der Waals surface area contributed by atoms with Crippen LogP contribution in [-0.4, -0.2) is 44.7 Å². The van der Waals surface area contributed by atoms with Gasteiger partial charge in [-0.25, -0.2) is 0 Å². The Morgan fingerprint density at radius 1 is 1.19 bits per heavy atom. The highest BCUT2D eigenvalue weighted by Crippen LogP contribution is 2.31. The molecule has 0 heterocycles. The van der Waals surface area contributed by atoms with Crippen molar-refractivity contribution < 1.29 is 19.1 Å². The van der Waals surface area contributed by atoms with Crippen LogP contribution in [0.25, 0.3) is 0 Å². The fourth-order valence-corrected chi connectivity index (χ4v) is 2.35. The highest BCUT2D eigenvalue weighted by molar-refractivity contribution is 4.81. The molecule has 3 unspecified atom stereocenters. The molecule has 0 aromatic heterocycles. The van der Waals surface area contributed by atoms with Crippen molar-refractivity contribution in [3.8, 4) is 0 Å². The van der Waals surface area contributed by atoms with Crippen molar-refractivity contribution in [2.45, 2.75) is 37.7 Å². The Hall–Kier alpha value is -0.720. The van der Waals surface area contributed by atoms with Crippen molar-refractivity contribution in [2.75, 3.05) is 21.3 Å². The van der Waals surface area contributed by atoms with Gasteiger partial charge in [0, 0.05) is 45.0 Å². The minimum atomic E-state index is -0.559. The summed E-state index contributed by atoms with van der Waals surface area (Å²) in [5.74, 6) is 0.0177. The van der Waals surface area contributed by atoms with Gasteiger partial charge in [0.05, 0.1) is 6.10 Å². The highest BCUT2D eigenvalue weighted by atomic mass is 16.7. The summed E-state index contributed by atoms with van der Waals surface area (Å²) in [6.07, 6.45) is 1.23. The highest BCUT2D eigenvalue weighted by Gasteiger charge is 2.39. The number of hydrogen-bond acceptors (Lipinski definition) is 5. The fourth-order valence-electron chi connectivity index (χ4n) is 2.35. The van der Waals surface area contributed by atoms with E-state index in [9.17, 15) is 10.1 Å². The second-order valence-corrected chi connectivity index (χ2v) is 4.10. The normalized spacial score (nSPS) is 30.6. The topological polar surface area (TPSA) is 70.8 Å². The van der Waals surface area contributed by atoms with E-state index in [1.807, 2.05) is 0 Å². The number of ether oxygens (including phenoxy) is 3. The lowest BCUT2D eigenvalue weighted by molar-refractivity contribution is -0.531. The van der Waals surface area contributed by atoms with E-state index in [-0.39, 0.29) is 23.2 Å². The Kier molecular flexibility index (Phi) is 5.11. The molecule has 1 rings (SSSR count). The van der Waals surface area contributed by atoms with Gasteiger partial charge in [0.15, 0.2) is 6.29 Å². The molecule has 1 aliphatic rings. The number of nitrogens with zero attached hydrogens (tertiary/aromatic N) is 1. The van der Waals surface area contributed by atoms with Crippen LogP contribution in [-0.2, 0) is 14.2 Å². The van der Waals surface area contributed by atoms with Gasteiger partial charge < -0.3 is 14.2 Å². The number of nitro groups is 1. The molecular weight excluding hydrogens is 214 g/mol. The lowest BCUT2D eigenvalue weighted by Gasteiger charge is -2.33. The molecule has 0 aromatic carbocycles. The van der Waals surface area contributed by atoms with E-state index < -0.39 is 6.04 Å². The van der Waals surface area contributed by atoms with Gasteiger partial charge in [-0.15, -0.1) is 0 Å². The average molecular weight is 233 g/mol. The van der Waals surface area contributed by atoms with Gasteiger partial charge in [-0.2, -0.15) is 0 Å². The number of methoxy groups -OCH3 is 3. The predicted molar refractivity (Wildman–Crippen MR) is 56.7 cm³/mol. The van der Waals surface area contributed by atoms with Crippen LogP contribution in [0.5, 0.6) is 0 Å². The van der Waals surface area contributed by atoms with Gasteiger partial charge in [0.2, 0.25) is 6.04 Å². The molecule has 16 heavy (non-hydrogen) atoms. The third kappa shape index (κ3) is 3.13. The van der Waals surface area contributed by atoms with E-state index in [0.29, 0.717) is 12.8 Å². The van der Waals surface area contributed by atoms with E-state index >= 15 is 0 Å². The second-order valence-electron chi connectivity index (χ2n) is 4.10. The molecule has 6 heteroatoms. The lowest BCUT2D eigenvalue weighted by Crippen LogP contribution is -2.41. The average Bonchev–Trinajstić information content (AvgIpc) is 2.30. The van der Waals surface area contributed by atoms with Crippen LogP contribution in [0.1, 0.15) is 19.3 Å². The van der Waals surface area contributed by atoms with Gasteiger partial charge in [-0.3, -0.25) is 10.1 Å².